The number of hydrogen-bond donors (Lipinski definition) is 0. The minimum Gasteiger partial charge on any atom is -0.497 e. The van der Waals surface area contributed by atoms with Gasteiger partial charge in [-0.2, -0.15) is 5.10 Å². The van der Waals surface area contributed by atoms with Gasteiger partial charge < -0.3 is 14.4 Å². The number of nitrogens with zero attached hydrogens (tertiary/aromatic N) is 3. The average Bonchev–Trinajstić information content (AvgIpc) is 3.19. The lowest BCUT2D eigenvalue weighted by Gasteiger charge is -2.31. The summed E-state index contributed by atoms with van der Waals surface area (Å²) < 4.78 is 10.6. The zero-order valence-electron chi connectivity index (χ0n) is 19.5. The van der Waals surface area contributed by atoms with E-state index in [-0.39, 0.29) is 17.9 Å². The Morgan fingerprint density at radius 3 is 2.62 bits per heavy atom. The standard InChI is InChI=1S/C26H31N3O3/c1-6-32-24(30)15-17(2)29-26(19-7-11-20(12-8-19)28(3)4)22-14-10-18-9-13-21(31-5)16-23(18)25(22)27-29/h7-9,11-13,15-16,22,26H,6,10,14H2,1-5H3/b17-15-/t22-,26+/m0/s1. The van der Waals surface area contributed by atoms with Crippen molar-refractivity contribution in [2.75, 3.05) is 32.7 Å². The summed E-state index contributed by atoms with van der Waals surface area (Å²) in [6, 6.07) is 14.9. The number of carbonyl (C=O) groups excluding carboxylic acids is 1. The van der Waals surface area contributed by atoms with E-state index in [0.29, 0.717) is 6.61 Å². The Labute approximate surface area is 190 Å². The molecule has 0 aromatic heterocycles. The summed E-state index contributed by atoms with van der Waals surface area (Å²) in [6.07, 6.45) is 3.53. The molecule has 0 unspecified atom stereocenters. The van der Waals surface area contributed by atoms with Crippen molar-refractivity contribution in [3.05, 3.63) is 70.9 Å². The molecule has 4 rings (SSSR count). The van der Waals surface area contributed by atoms with Gasteiger partial charge in [-0.1, -0.05) is 18.2 Å². The van der Waals surface area contributed by atoms with E-state index < -0.39 is 0 Å². The number of esters is 1. The predicted molar refractivity (Wildman–Crippen MR) is 127 cm³/mol. The second-order valence-electron chi connectivity index (χ2n) is 8.47. The molecule has 168 valence electrons. The second kappa shape index (κ2) is 9.07. The topological polar surface area (TPSA) is 54.4 Å². The number of aryl methyl sites for hydroxylation is 1. The molecule has 2 atom stereocenters. The Bertz CT molecular complexity index is 1060. The first-order chi connectivity index (χ1) is 15.4. The van der Waals surface area contributed by atoms with E-state index >= 15 is 0 Å². The lowest BCUT2D eigenvalue weighted by Crippen LogP contribution is -2.28. The van der Waals surface area contributed by atoms with Crippen LogP contribution in [0.15, 0.2) is 59.3 Å². The van der Waals surface area contributed by atoms with Crippen molar-refractivity contribution >= 4 is 17.4 Å². The summed E-state index contributed by atoms with van der Waals surface area (Å²) in [5, 5.41) is 7.06. The fourth-order valence-corrected chi connectivity index (χ4v) is 4.63. The van der Waals surface area contributed by atoms with Gasteiger partial charge in [-0.3, -0.25) is 5.01 Å². The fourth-order valence-electron chi connectivity index (χ4n) is 4.63. The van der Waals surface area contributed by atoms with Gasteiger partial charge in [0.1, 0.15) is 5.75 Å². The highest BCUT2D eigenvalue weighted by atomic mass is 16.5. The highest BCUT2D eigenvalue weighted by Crippen LogP contribution is 2.45. The Morgan fingerprint density at radius 2 is 1.97 bits per heavy atom. The van der Waals surface area contributed by atoms with Gasteiger partial charge in [-0.15, -0.1) is 0 Å². The van der Waals surface area contributed by atoms with Crippen molar-refractivity contribution in [2.45, 2.75) is 32.7 Å². The SMILES string of the molecule is CCOC(=O)/C=C(/C)N1N=C2c3cc(OC)ccc3CC[C@@H]2[C@H]1c1ccc(N(C)C)cc1. The van der Waals surface area contributed by atoms with Crippen molar-refractivity contribution in [1.29, 1.82) is 0 Å². The number of benzene rings is 2. The molecule has 2 aliphatic rings. The molecule has 0 saturated heterocycles. The molecular weight excluding hydrogens is 402 g/mol. The van der Waals surface area contributed by atoms with Crippen LogP contribution in [-0.4, -0.2) is 44.5 Å². The molecule has 2 aromatic rings. The van der Waals surface area contributed by atoms with E-state index in [2.05, 4.69) is 41.3 Å². The molecule has 6 heteroatoms. The van der Waals surface area contributed by atoms with E-state index in [9.17, 15) is 4.79 Å². The van der Waals surface area contributed by atoms with E-state index in [1.807, 2.05) is 39.0 Å². The summed E-state index contributed by atoms with van der Waals surface area (Å²) in [7, 11) is 5.76. The van der Waals surface area contributed by atoms with E-state index in [4.69, 9.17) is 14.6 Å². The first-order valence-corrected chi connectivity index (χ1v) is 11.1. The van der Waals surface area contributed by atoms with Crippen LogP contribution in [0.1, 0.15) is 43.0 Å². The highest BCUT2D eigenvalue weighted by molar-refractivity contribution is 6.06. The zero-order chi connectivity index (χ0) is 22.8. The number of methoxy groups -OCH3 is 1. The normalized spacial score (nSPS) is 19.7. The molecule has 0 N–H and O–H groups in total. The Balaban J connectivity index is 1.78. The first-order valence-electron chi connectivity index (χ1n) is 11.1. The maximum absolute atomic E-state index is 12.2. The van der Waals surface area contributed by atoms with Crippen molar-refractivity contribution < 1.29 is 14.3 Å². The van der Waals surface area contributed by atoms with Crippen molar-refractivity contribution in [3.8, 4) is 5.75 Å². The van der Waals surface area contributed by atoms with Crippen molar-refractivity contribution in [1.82, 2.24) is 5.01 Å². The van der Waals surface area contributed by atoms with Crippen LogP contribution in [0.25, 0.3) is 0 Å². The van der Waals surface area contributed by atoms with Crippen LogP contribution < -0.4 is 9.64 Å². The summed E-state index contributed by atoms with van der Waals surface area (Å²) in [5.74, 6) is 0.713. The maximum Gasteiger partial charge on any atom is 0.332 e. The molecule has 0 fully saturated rings. The van der Waals surface area contributed by atoms with Gasteiger partial charge in [0.25, 0.3) is 0 Å². The average molecular weight is 434 g/mol. The number of allylic oxidation sites excluding steroid dienone is 1. The van der Waals surface area contributed by atoms with Crippen LogP contribution in [-0.2, 0) is 16.0 Å². The van der Waals surface area contributed by atoms with Gasteiger partial charge in [-0.25, -0.2) is 4.79 Å². The van der Waals surface area contributed by atoms with Gasteiger partial charge in [0.15, 0.2) is 0 Å². The van der Waals surface area contributed by atoms with Crippen LogP contribution in [0.5, 0.6) is 5.75 Å². The number of fused-ring (bicyclic) bond motifs is 3. The quantitative estimate of drug-likeness (QED) is 0.494. The zero-order valence-corrected chi connectivity index (χ0v) is 19.5. The van der Waals surface area contributed by atoms with Crippen LogP contribution in [0, 0.1) is 5.92 Å². The van der Waals surface area contributed by atoms with Gasteiger partial charge >= 0.3 is 5.97 Å². The maximum atomic E-state index is 12.2. The first kappa shape index (κ1) is 21.9. The Kier molecular flexibility index (Phi) is 6.21. The molecule has 0 saturated carbocycles. The van der Waals surface area contributed by atoms with Crippen LogP contribution in [0.3, 0.4) is 0 Å². The molecule has 1 aliphatic carbocycles. The minimum atomic E-state index is -0.344. The number of rotatable bonds is 6. The van der Waals surface area contributed by atoms with Gasteiger partial charge in [-0.05, 0) is 62.1 Å². The summed E-state index contributed by atoms with van der Waals surface area (Å²) in [5.41, 5.74) is 6.59. The number of anilines is 1. The van der Waals surface area contributed by atoms with Crippen LogP contribution in [0.2, 0.25) is 0 Å². The van der Waals surface area contributed by atoms with Crippen molar-refractivity contribution in [2.24, 2.45) is 11.0 Å². The third kappa shape index (κ3) is 4.09. The number of ether oxygens (including phenoxy) is 2. The lowest BCUT2D eigenvalue weighted by atomic mass is 9.77. The van der Waals surface area contributed by atoms with Gasteiger partial charge in [0, 0.05) is 43.0 Å². The van der Waals surface area contributed by atoms with E-state index in [1.165, 1.54) is 11.1 Å². The van der Waals surface area contributed by atoms with E-state index in [0.717, 1.165) is 41.3 Å². The minimum absolute atomic E-state index is 0.0197. The molecule has 1 heterocycles. The fraction of sp³-hybridized carbons (Fsp3) is 0.385. The molecule has 0 radical (unpaired) electrons. The molecule has 0 spiro atoms. The van der Waals surface area contributed by atoms with Crippen LogP contribution in [0.4, 0.5) is 5.69 Å². The summed E-state index contributed by atoms with van der Waals surface area (Å²) in [6.45, 7) is 4.08. The molecule has 0 bridgehead atoms. The van der Waals surface area contributed by atoms with Crippen LogP contribution >= 0.6 is 0 Å². The molecular formula is C26H31N3O3. The summed E-state index contributed by atoms with van der Waals surface area (Å²) >= 11 is 0. The highest BCUT2D eigenvalue weighted by Gasteiger charge is 2.42. The number of carbonyl (C=O) groups is 1. The Morgan fingerprint density at radius 1 is 1.22 bits per heavy atom. The summed E-state index contributed by atoms with van der Waals surface area (Å²) in [4.78, 5) is 14.3. The van der Waals surface area contributed by atoms with Gasteiger partial charge in [0.05, 0.1) is 25.5 Å². The molecule has 6 nitrogen and oxygen atoms in total. The third-order valence-electron chi connectivity index (χ3n) is 6.25. The Hall–Kier alpha value is -3.28. The lowest BCUT2D eigenvalue weighted by molar-refractivity contribution is -0.137. The van der Waals surface area contributed by atoms with Crippen molar-refractivity contribution in [3.63, 3.8) is 0 Å². The monoisotopic (exact) mass is 433 g/mol. The number of hydrazone groups is 1. The molecule has 1 aliphatic heterocycles. The largest absolute Gasteiger partial charge is 0.497 e. The molecule has 0 amide bonds. The predicted octanol–water partition coefficient (Wildman–Crippen LogP) is 4.55. The number of hydrogen-bond acceptors (Lipinski definition) is 6. The van der Waals surface area contributed by atoms with Gasteiger partial charge in [0.2, 0.25) is 0 Å². The molecule has 2 aromatic carbocycles. The van der Waals surface area contributed by atoms with E-state index in [1.54, 1.807) is 13.2 Å². The second-order valence-corrected chi connectivity index (χ2v) is 8.47. The molecule has 32 heavy (non-hydrogen) atoms. The third-order valence-corrected chi connectivity index (χ3v) is 6.25. The smallest absolute Gasteiger partial charge is 0.332 e.